The molecule has 0 amide bonds. The van der Waals surface area contributed by atoms with Crippen molar-refractivity contribution in [2.45, 2.75) is 0 Å². The summed E-state index contributed by atoms with van der Waals surface area (Å²) in [7, 11) is 0.913. The van der Waals surface area contributed by atoms with E-state index in [0.717, 1.165) is 7.11 Å². The Morgan fingerprint density at radius 2 is 1.62 bits per heavy atom. The number of ether oxygens (including phenoxy) is 1. The summed E-state index contributed by atoms with van der Waals surface area (Å²) in [6.07, 6.45) is 0. The minimum absolute atomic E-state index is 0.561. The molecule has 0 saturated carbocycles. The first-order valence-corrected chi connectivity index (χ1v) is 5.10. The van der Waals surface area contributed by atoms with Crippen molar-refractivity contribution in [3.8, 4) is 0 Å². The predicted molar refractivity (Wildman–Crippen MR) is 64.7 cm³/mol. The number of carbonyl (C=O) groups excluding carboxylic acids is 2. The van der Waals surface area contributed by atoms with Crippen molar-refractivity contribution in [3.05, 3.63) is 49.5 Å². The van der Waals surface area contributed by atoms with Gasteiger partial charge in [-0.3, -0.25) is 25.0 Å². The van der Waals surface area contributed by atoms with Gasteiger partial charge in [-0.25, -0.2) is 4.79 Å². The fraction of sp³-hybridized carbons (Fsp3) is 0.100. The smallest absolute Gasteiger partial charge is 0.446 e. The summed E-state index contributed by atoms with van der Waals surface area (Å²) >= 11 is 0. The monoisotopic (exact) mass is 294 g/mol. The first kappa shape index (κ1) is 15.6. The van der Waals surface area contributed by atoms with Crippen molar-refractivity contribution >= 4 is 28.8 Å². The van der Waals surface area contributed by atoms with Crippen molar-refractivity contribution in [2.75, 3.05) is 7.11 Å². The van der Waals surface area contributed by atoms with Crippen LogP contribution in [-0.2, 0) is 9.53 Å². The number of nitro groups is 2. The number of nitrogens with zero attached hydrogens (tertiary/aromatic N) is 4. The predicted octanol–water partition coefficient (Wildman–Crippen LogP) is 0.529. The molecule has 0 bridgehead atoms. The molecular formula is C10H6N4O7. The molecule has 108 valence electrons. The number of rotatable bonds is 5. The lowest BCUT2D eigenvalue weighted by molar-refractivity contribution is -0.394. The van der Waals surface area contributed by atoms with Crippen LogP contribution in [0.3, 0.4) is 0 Å². The summed E-state index contributed by atoms with van der Waals surface area (Å²) in [5, 5.41) is 21.4. The Bertz CT molecular complexity index is 673. The fourth-order valence-corrected chi connectivity index (χ4v) is 1.35. The highest BCUT2D eigenvalue weighted by molar-refractivity contribution is 6.65. The highest BCUT2D eigenvalue weighted by Crippen LogP contribution is 2.23. The number of Topliss-reactive ketones (excluding diaryl/α,β-unsaturated/α-hetero) is 1. The zero-order valence-corrected chi connectivity index (χ0v) is 10.4. The van der Waals surface area contributed by atoms with Gasteiger partial charge in [0.05, 0.1) is 23.0 Å². The summed E-state index contributed by atoms with van der Waals surface area (Å²) < 4.78 is 4.18. The second-order valence-corrected chi connectivity index (χ2v) is 3.52. The Labute approximate surface area is 115 Å². The standard InChI is InChI=1S/C10H6N4O7/c1-21-10(16)8(12-11)9(15)5-2-6(13(17)18)4-7(3-5)14(19)20/h2-4H,1H3. The summed E-state index contributed by atoms with van der Waals surface area (Å²) in [6.45, 7) is 0. The molecule has 0 aromatic heterocycles. The molecule has 0 heterocycles. The van der Waals surface area contributed by atoms with Gasteiger partial charge in [-0.15, -0.1) is 0 Å². The van der Waals surface area contributed by atoms with Gasteiger partial charge in [0.15, 0.2) is 0 Å². The Morgan fingerprint density at radius 3 is 1.95 bits per heavy atom. The molecule has 11 nitrogen and oxygen atoms in total. The Hall–Kier alpha value is -3.46. The Balaban J connectivity index is 3.45. The summed E-state index contributed by atoms with van der Waals surface area (Å²) in [5.74, 6) is -2.55. The maximum atomic E-state index is 11.9. The number of non-ortho nitro benzene ring substituents is 2. The van der Waals surface area contributed by atoms with Crippen molar-refractivity contribution in [3.63, 3.8) is 0 Å². The first-order valence-electron chi connectivity index (χ1n) is 5.10. The van der Waals surface area contributed by atoms with E-state index in [9.17, 15) is 29.8 Å². The number of nitro benzene ring substituents is 2. The minimum Gasteiger partial charge on any atom is -0.460 e. The molecule has 1 aromatic carbocycles. The molecule has 1 rings (SSSR count). The number of methoxy groups -OCH3 is 1. The van der Waals surface area contributed by atoms with Crippen LogP contribution in [0.25, 0.3) is 5.53 Å². The molecule has 0 spiro atoms. The second kappa shape index (κ2) is 6.12. The highest BCUT2D eigenvalue weighted by Gasteiger charge is 2.33. The molecule has 0 fully saturated rings. The van der Waals surface area contributed by atoms with Gasteiger partial charge >= 0.3 is 11.7 Å². The van der Waals surface area contributed by atoms with E-state index in [0.29, 0.717) is 18.2 Å². The van der Waals surface area contributed by atoms with E-state index in [1.54, 1.807) is 0 Å². The van der Waals surface area contributed by atoms with Crippen LogP contribution in [0.5, 0.6) is 0 Å². The van der Waals surface area contributed by atoms with Crippen molar-refractivity contribution in [1.82, 2.24) is 0 Å². The lowest BCUT2D eigenvalue weighted by atomic mass is 10.1. The maximum Gasteiger partial charge on any atom is 0.446 e. The van der Waals surface area contributed by atoms with E-state index < -0.39 is 44.2 Å². The molecule has 0 unspecified atom stereocenters. The maximum absolute atomic E-state index is 11.9. The molecule has 0 aliphatic carbocycles. The molecule has 11 heteroatoms. The molecule has 0 saturated heterocycles. The van der Waals surface area contributed by atoms with Gasteiger partial charge in [-0.1, -0.05) is 0 Å². The van der Waals surface area contributed by atoms with Crippen LogP contribution in [0.4, 0.5) is 11.4 Å². The van der Waals surface area contributed by atoms with E-state index in [1.165, 1.54) is 0 Å². The minimum atomic E-state index is -1.29. The third kappa shape index (κ3) is 3.30. The molecule has 0 N–H and O–H groups in total. The highest BCUT2D eigenvalue weighted by atomic mass is 16.6. The van der Waals surface area contributed by atoms with Crippen LogP contribution < -0.4 is 0 Å². The van der Waals surface area contributed by atoms with Gasteiger partial charge in [0.2, 0.25) is 0 Å². The van der Waals surface area contributed by atoms with Crippen LogP contribution in [0.1, 0.15) is 10.4 Å². The van der Waals surface area contributed by atoms with Crippen LogP contribution in [0, 0.1) is 20.2 Å². The third-order valence-electron chi connectivity index (χ3n) is 2.28. The lowest BCUT2D eigenvalue weighted by Crippen LogP contribution is -2.26. The number of benzene rings is 1. The Morgan fingerprint density at radius 1 is 1.14 bits per heavy atom. The van der Waals surface area contributed by atoms with Gasteiger partial charge in [-0.2, -0.15) is 4.79 Å². The van der Waals surface area contributed by atoms with E-state index in [2.05, 4.69) is 9.53 Å². The van der Waals surface area contributed by atoms with Crippen LogP contribution in [-0.4, -0.2) is 39.2 Å². The largest absolute Gasteiger partial charge is 0.460 e. The number of ketones is 1. The molecule has 0 aliphatic rings. The lowest BCUT2D eigenvalue weighted by Gasteiger charge is -1.98. The van der Waals surface area contributed by atoms with E-state index in [4.69, 9.17) is 5.53 Å². The normalized spacial score (nSPS) is 9.38. The molecule has 1 aromatic rings. The average Bonchev–Trinajstić information content (AvgIpc) is 2.46. The quantitative estimate of drug-likeness (QED) is 0.111. The fourth-order valence-electron chi connectivity index (χ4n) is 1.35. The molecule has 0 aliphatic heterocycles. The summed E-state index contributed by atoms with van der Waals surface area (Å²) in [5.41, 5.74) is 5.54. The second-order valence-electron chi connectivity index (χ2n) is 3.52. The van der Waals surface area contributed by atoms with E-state index >= 15 is 0 Å². The SMILES string of the molecule is COC(=O)C(=[N+]=[N-])C(=O)c1cc([N+](=O)[O-])cc([N+](=O)[O-])c1. The third-order valence-corrected chi connectivity index (χ3v) is 2.28. The summed E-state index contributed by atoms with van der Waals surface area (Å²) in [4.78, 5) is 45.0. The van der Waals surface area contributed by atoms with Gasteiger partial charge < -0.3 is 10.3 Å². The number of esters is 1. The number of hydrogen-bond donors (Lipinski definition) is 0. The number of carbonyl (C=O) groups is 2. The van der Waals surface area contributed by atoms with Crippen molar-refractivity contribution in [1.29, 1.82) is 0 Å². The van der Waals surface area contributed by atoms with Gasteiger partial charge in [0.25, 0.3) is 17.2 Å². The van der Waals surface area contributed by atoms with Crippen LogP contribution in [0.15, 0.2) is 18.2 Å². The molecule has 21 heavy (non-hydrogen) atoms. The van der Waals surface area contributed by atoms with Crippen LogP contribution in [0.2, 0.25) is 0 Å². The van der Waals surface area contributed by atoms with Gasteiger partial charge in [-0.05, 0) is 0 Å². The molecular weight excluding hydrogens is 288 g/mol. The topological polar surface area (TPSA) is 166 Å². The zero-order chi connectivity index (χ0) is 16.2. The molecule has 0 radical (unpaired) electrons. The Kier molecular flexibility index (Phi) is 4.55. The van der Waals surface area contributed by atoms with E-state index in [1.807, 2.05) is 0 Å². The van der Waals surface area contributed by atoms with Gasteiger partial charge in [0.1, 0.15) is 0 Å². The zero-order valence-electron chi connectivity index (χ0n) is 10.4. The van der Waals surface area contributed by atoms with E-state index in [-0.39, 0.29) is 0 Å². The van der Waals surface area contributed by atoms with Gasteiger partial charge in [0, 0.05) is 17.7 Å². The number of hydrogen-bond acceptors (Lipinski definition) is 7. The molecule has 0 atom stereocenters. The summed E-state index contributed by atoms with van der Waals surface area (Å²) in [6, 6.07) is 2.07. The van der Waals surface area contributed by atoms with Crippen molar-refractivity contribution < 1.29 is 29.0 Å². The first-order chi connectivity index (χ1) is 9.81. The van der Waals surface area contributed by atoms with Crippen molar-refractivity contribution in [2.24, 2.45) is 0 Å². The average molecular weight is 294 g/mol. The van der Waals surface area contributed by atoms with Crippen LogP contribution >= 0.6 is 0 Å².